The Bertz CT molecular complexity index is 684. The number of hydrogen-bond donors (Lipinski definition) is 2. The third-order valence-electron chi connectivity index (χ3n) is 3.15. The zero-order valence-corrected chi connectivity index (χ0v) is 13.8. The summed E-state index contributed by atoms with van der Waals surface area (Å²) >= 11 is 0. The number of anilines is 1. The minimum absolute atomic E-state index is 0.122. The Labute approximate surface area is 141 Å². The van der Waals surface area contributed by atoms with Crippen LogP contribution in [0.4, 0.5) is 5.69 Å². The molecule has 24 heavy (non-hydrogen) atoms. The van der Waals surface area contributed by atoms with Crippen molar-refractivity contribution in [2.75, 3.05) is 25.6 Å². The summed E-state index contributed by atoms with van der Waals surface area (Å²) in [7, 11) is 1.59. The number of hydrogen-bond acceptors (Lipinski definition) is 5. The summed E-state index contributed by atoms with van der Waals surface area (Å²) in [6.45, 7) is 2.68. The third kappa shape index (κ3) is 5.31. The van der Waals surface area contributed by atoms with Crippen LogP contribution >= 0.6 is 0 Å². The van der Waals surface area contributed by atoms with Gasteiger partial charge in [0.25, 0.3) is 5.91 Å². The number of nitrogens with zero attached hydrogens (tertiary/aromatic N) is 1. The number of carbonyl (C=O) groups is 1. The Morgan fingerprint density at radius 3 is 2.62 bits per heavy atom. The van der Waals surface area contributed by atoms with Gasteiger partial charge in [0.1, 0.15) is 11.5 Å². The van der Waals surface area contributed by atoms with Crippen molar-refractivity contribution in [3.8, 4) is 11.5 Å². The van der Waals surface area contributed by atoms with Crippen LogP contribution in [-0.2, 0) is 4.79 Å². The summed E-state index contributed by atoms with van der Waals surface area (Å²) in [6, 6.07) is 14.8. The van der Waals surface area contributed by atoms with Crippen LogP contribution < -0.4 is 20.2 Å². The van der Waals surface area contributed by atoms with E-state index in [-0.39, 0.29) is 12.5 Å². The SMILES string of the molecule is CCOc1ccc(NCC(=O)N/N=C\c2ccccc2OC)cc1. The van der Waals surface area contributed by atoms with Gasteiger partial charge in [-0.2, -0.15) is 5.10 Å². The van der Waals surface area contributed by atoms with Crippen molar-refractivity contribution in [2.45, 2.75) is 6.92 Å². The van der Waals surface area contributed by atoms with E-state index in [1.807, 2.05) is 55.5 Å². The molecule has 0 fully saturated rings. The van der Waals surface area contributed by atoms with Gasteiger partial charge < -0.3 is 14.8 Å². The smallest absolute Gasteiger partial charge is 0.259 e. The standard InChI is InChI=1S/C18H21N3O3/c1-3-24-16-10-8-15(9-11-16)19-13-18(22)21-20-12-14-6-4-5-7-17(14)23-2/h4-12,19H,3,13H2,1-2H3,(H,21,22)/b20-12-. The number of rotatable bonds is 8. The molecule has 0 heterocycles. The second-order valence-corrected chi connectivity index (χ2v) is 4.85. The van der Waals surface area contributed by atoms with Gasteiger partial charge in [-0.1, -0.05) is 12.1 Å². The molecule has 0 aromatic heterocycles. The van der Waals surface area contributed by atoms with E-state index in [0.717, 1.165) is 17.0 Å². The van der Waals surface area contributed by atoms with Gasteiger partial charge in [0, 0.05) is 11.3 Å². The summed E-state index contributed by atoms with van der Waals surface area (Å²) in [4.78, 5) is 11.8. The van der Waals surface area contributed by atoms with Crippen LogP contribution in [0.25, 0.3) is 0 Å². The number of methoxy groups -OCH3 is 1. The molecule has 2 aromatic carbocycles. The molecule has 0 aliphatic rings. The molecule has 0 aliphatic carbocycles. The van der Waals surface area contributed by atoms with E-state index in [1.54, 1.807) is 13.3 Å². The van der Waals surface area contributed by atoms with Gasteiger partial charge in [-0.15, -0.1) is 0 Å². The molecule has 0 saturated carbocycles. The number of nitrogens with one attached hydrogen (secondary N) is 2. The zero-order chi connectivity index (χ0) is 17.2. The van der Waals surface area contributed by atoms with Gasteiger partial charge in [-0.05, 0) is 43.3 Å². The lowest BCUT2D eigenvalue weighted by atomic mass is 10.2. The molecule has 1 amide bonds. The van der Waals surface area contributed by atoms with Gasteiger partial charge in [0.15, 0.2) is 0 Å². The fourth-order valence-corrected chi connectivity index (χ4v) is 2.00. The Kier molecular flexibility index (Phi) is 6.64. The molecule has 0 unspecified atom stereocenters. The summed E-state index contributed by atoms with van der Waals surface area (Å²) in [6.07, 6.45) is 1.55. The molecule has 0 spiro atoms. The average molecular weight is 327 g/mol. The topological polar surface area (TPSA) is 72.0 Å². The lowest BCUT2D eigenvalue weighted by Gasteiger charge is -2.07. The van der Waals surface area contributed by atoms with Crippen molar-refractivity contribution in [2.24, 2.45) is 5.10 Å². The highest BCUT2D eigenvalue weighted by Gasteiger charge is 2.01. The average Bonchev–Trinajstić information content (AvgIpc) is 2.62. The van der Waals surface area contributed by atoms with E-state index >= 15 is 0 Å². The van der Waals surface area contributed by atoms with E-state index < -0.39 is 0 Å². The minimum atomic E-state index is -0.241. The molecule has 0 atom stereocenters. The van der Waals surface area contributed by atoms with Gasteiger partial charge in [-0.3, -0.25) is 4.79 Å². The van der Waals surface area contributed by atoms with Crippen LogP contribution in [-0.4, -0.2) is 32.4 Å². The molecule has 0 radical (unpaired) electrons. The van der Waals surface area contributed by atoms with E-state index in [0.29, 0.717) is 12.4 Å². The van der Waals surface area contributed by atoms with Crippen molar-refractivity contribution in [1.82, 2.24) is 5.43 Å². The summed E-state index contributed by atoms with van der Waals surface area (Å²) in [5.74, 6) is 1.26. The summed E-state index contributed by atoms with van der Waals surface area (Å²) in [5, 5.41) is 6.96. The largest absolute Gasteiger partial charge is 0.496 e. The molecule has 126 valence electrons. The van der Waals surface area contributed by atoms with Crippen LogP contribution in [0.15, 0.2) is 53.6 Å². The monoisotopic (exact) mass is 327 g/mol. The fourth-order valence-electron chi connectivity index (χ4n) is 2.00. The lowest BCUT2D eigenvalue weighted by Crippen LogP contribution is -2.25. The fraction of sp³-hybridized carbons (Fsp3) is 0.222. The lowest BCUT2D eigenvalue weighted by molar-refractivity contribution is -0.119. The van der Waals surface area contributed by atoms with Crippen molar-refractivity contribution < 1.29 is 14.3 Å². The Morgan fingerprint density at radius 1 is 1.17 bits per heavy atom. The predicted octanol–water partition coefficient (Wildman–Crippen LogP) is 2.66. The Morgan fingerprint density at radius 2 is 1.92 bits per heavy atom. The van der Waals surface area contributed by atoms with E-state index in [4.69, 9.17) is 9.47 Å². The second kappa shape index (κ2) is 9.19. The van der Waals surface area contributed by atoms with Gasteiger partial charge >= 0.3 is 0 Å². The first-order valence-corrected chi connectivity index (χ1v) is 7.64. The minimum Gasteiger partial charge on any atom is -0.496 e. The first-order chi connectivity index (χ1) is 11.7. The molecule has 0 aliphatic heterocycles. The summed E-state index contributed by atoms with van der Waals surface area (Å²) < 4.78 is 10.6. The maximum atomic E-state index is 11.8. The van der Waals surface area contributed by atoms with Gasteiger partial charge in [-0.25, -0.2) is 5.43 Å². The third-order valence-corrected chi connectivity index (χ3v) is 3.15. The number of amides is 1. The number of hydrazone groups is 1. The summed E-state index contributed by atoms with van der Waals surface area (Å²) in [5.41, 5.74) is 4.10. The quantitative estimate of drug-likeness (QED) is 0.577. The number of carbonyl (C=O) groups excluding carboxylic acids is 1. The predicted molar refractivity (Wildman–Crippen MR) is 94.8 cm³/mol. The second-order valence-electron chi connectivity index (χ2n) is 4.85. The molecular formula is C18H21N3O3. The molecule has 2 N–H and O–H groups in total. The molecule has 6 nitrogen and oxygen atoms in total. The van der Waals surface area contributed by atoms with Crippen molar-refractivity contribution in [3.63, 3.8) is 0 Å². The van der Waals surface area contributed by atoms with E-state index in [2.05, 4.69) is 15.8 Å². The molecule has 6 heteroatoms. The van der Waals surface area contributed by atoms with Gasteiger partial charge in [0.2, 0.25) is 0 Å². The van der Waals surface area contributed by atoms with Crippen molar-refractivity contribution >= 4 is 17.8 Å². The van der Waals surface area contributed by atoms with Crippen molar-refractivity contribution in [3.05, 3.63) is 54.1 Å². The molecule has 0 bridgehead atoms. The normalized spacial score (nSPS) is 10.4. The molecule has 0 saturated heterocycles. The number of para-hydroxylation sites is 1. The van der Waals surface area contributed by atoms with Gasteiger partial charge in [0.05, 0.1) is 26.5 Å². The molecule has 2 rings (SSSR count). The highest BCUT2D eigenvalue weighted by Crippen LogP contribution is 2.15. The zero-order valence-electron chi connectivity index (χ0n) is 13.8. The van der Waals surface area contributed by atoms with Crippen LogP contribution in [0.2, 0.25) is 0 Å². The maximum Gasteiger partial charge on any atom is 0.259 e. The first-order valence-electron chi connectivity index (χ1n) is 7.64. The number of ether oxygens (including phenoxy) is 2. The van der Waals surface area contributed by atoms with Crippen LogP contribution in [0.3, 0.4) is 0 Å². The Hall–Kier alpha value is -3.02. The molecule has 2 aromatic rings. The van der Waals surface area contributed by atoms with Crippen molar-refractivity contribution in [1.29, 1.82) is 0 Å². The number of benzene rings is 2. The van der Waals surface area contributed by atoms with E-state index in [1.165, 1.54) is 0 Å². The maximum absolute atomic E-state index is 11.8. The highest BCUT2D eigenvalue weighted by molar-refractivity contribution is 5.86. The Balaban J connectivity index is 1.79. The van der Waals surface area contributed by atoms with E-state index in [9.17, 15) is 4.79 Å². The first kappa shape index (κ1) is 17.3. The highest BCUT2D eigenvalue weighted by atomic mass is 16.5. The van der Waals surface area contributed by atoms with Crippen LogP contribution in [0, 0.1) is 0 Å². The van der Waals surface area contributed by atoms with Crippen LogP contribution in [0.1, 0.15) is 12.5 Å². The van der Waals surface area contributed by atoms with Crippen LogP contribution in [0.5, 0.6) is 11.5 Å². The molecular weight excluding hydrogens is 306 g/mol.